The summed E-state index contributed by atoms with van der Waals surface area (Å²) < 4.78 is 14.8. The van der Waals surface area contributed by atoms with Gasteiger partial charge in [-0.1, -0.05) is 17.7 Å². The van der Waals surface area contributed by atoms with E-state index in [2.05, 4.69) is 15.2 Å². The predicted molar refractivity (Wildman–Crippen MR) is 144 cm³/mol. The maximum Gasteiger partial charge on any atom is 0.214 e. The number of nitrogens with zero attached hydrogens (tertiary/aromatic N) is 4. The third-order valence-corrected chi connectivity index (χ3v) is 6.69. The molecule has 0 spiro atoms. The topological polar surface area (TPSA) is 71.9 Å². The summed E-state index contributed by atoms with van der Waals surface area (Å²) in [6.45, 7) is 6.56. The molecule has 3 aromatic rings. The van der Waals surface area contributed by atoms with E-state index < -0.39 is 5.82 Å². The van der Waals surface area contributed by atoms with Gasteiger partial charge in [0.15, 0.2) is 0 Å². The third kappa shape index (κ3) is 5.61. The number of carbonyl (C=O) groups is 1. The molecule has 1 aliphatic heterocycles. The molecule has 0 unspecified atom stereocenters. The van der Waals surface area contributed by atoms with Crippen molar-refractivity contribution in [2.45, 2.75) is 6.92 Å². The molecular formula is C27H31ClFN5O2. The number of amides is 1. The lowest BCUT2D eigenvalue weighted by atomic mass is 9.97. The molecule has 2 aromatic carbocycles. The molecule has 1 aromatic heterocycles. The standard InChI is InChI=1S/C27H31ClFN5O2/c1-18-26(33-8-6-30-7-9-33)13-20(16-31-18)23-15-21(29)14-22(27(23)36)19-4-5-25(24(28)12-19)34(17-35)11-10-32(2)3/h4-5,12-17,30,36H,6-11H2,1-3H3. The minimum atomic E-state index is -0.484. The number of hydrogen-bond acceptors (Lipinski definition) is 6. The zero-order chi connectivity index (χ0) is 25.8. The van der Waals surface area contributed by atoms with E-state index in [9.17, 15) is 14.3 Å². The second-order valence-electron chi connectivity index (χ2n) is 9.18. The molecule has 36 heavy (non-hydrogen) atoms. The molecule has 0 aliphatic carbocycles. The van der Waals surface area contributed by atoms with Gasteiger partial charge in [-0.3, -0.25) is 9.78 Å². The number of pyridine rings is 1. The van der Waals surface area contributed by atoms with Crippen LogP contribution in [0.15, 0.2) is 42.6 Å². The number of phenolic OH excluding ortho intramolecular Hbond substituents is 1. The number of aryl methyl sites for hydroxylation is 1. The molecule has 0 bridgehead atoms. The summed E-state index contributed by atoms with van der Waals surface area (Å²) in [7, 11) is 3.85. The number of nitrogens with one attached hydrogen (secondary N) is 1. The zero-order valence-electron chi connectivity index (χ0n) is 20.8. The minimum Gasteiger partial charge on any atom is -0.507 e. The van der Waals surface area contributed by atoms with Crippen molar-refractivity contribution in [3.8, 4) is 28.0 Å². The molecule has 9 heteroatoms. The van der Waals surface area contributed by atoms with E-state index in [1.54, 1.807) is 24.4 Å². The van der Waals surface area contributed by atoms with Gasteiger partial charge in [0.2, 0.25) is 6.41 Å². The van der Waals surface area contributed by atoms with Crippen molar-refractivity contribution in [2.24, 2.45) is 0 Å². The van der Waals surface area contributed by atoms with Gasteiger partial charge in [-0.05, 0) is 56.9 Å². The maximum absolute atomic E-state index is 14.8. The lowest BCUT2D eigenvalue weighted by Gasteiger charge is -2.30. The molecule has 190 valence electrons. The van der Waals surface area contributed by atoms with Gasteiger partial charge in [0, 0.05) is 62.2 Å². The monoisotopic (exact) mass is 511 g/mol. The summed E-state index contributed by atoms with van der Waals surface area (Å²) in [5, 5.41) is 14.9. The summed E-state index contributed by atoms with van der Waals surface area (Å²) in [5.41, 5.74) is 4.25. The molecule has 1 amide bonds. The fourth-order valence-electron chi connectivity index (χ4n) is 4.38. The minimum absolute atomic E-state index is 0.0584. The van der Waals surface area contributed by atoms with Gasteiger partial charge in [-0.25, -0.2) is 4.39 Å². The van der Waals surface area contributed by atoms with E-state index in [1.165, 1.54) is 17.0 Å². The number of anilines is 2. The van der Waals surface area contributed by atoms with Gasteiger partial charge in [0.25, 0.3) is 0 Å². The van der Waals surface area contributed by atoms with Crippen LogP contribution in [-0.4, -0.2) is 74.8 Å². The molecular weight excluding hydrogens is 481 g/mol. The van der Waals surface area contributed by atoms with Crippen molar-refractivity contribution in [2.75, 3.05) is 63.2 Å². The van der Waals surface area contributed by atoms with Crippen molar-refractivity contribution < 1.29 is 14.3 Å². The number of phenols is 1. The quantitative estimate of drug-likeness (QED) is 0.443. The number of rotatable bonds is 8. The first-order valence-corrected chi connectivity index (χ1v) is 12.3. The van der Waals surface area contributed by atoms with Gasteiger partial charge in [0.05, 0.1) is 22.1 Å². The maximum atomic E-state index is 14.8. The Hall–Kier alpha value is -3.20. The van der Waals surface area contributed by atoms with E-state index in [-0.39, 0.29) is 5.75 Å². The number of benzene rings is 2. The molecule has 4 rings (SSSR count). The van der Waals surface area contributed by atoms with Gasteiger partial charge >= 0.3 is 0 Å². The lowest BCUT2D eigenvalue weighted by Crippen LogP contribution is -2.43. The van der Waals surface area contributed by atoms with Crippen LogP contribution >= 0.6 is 11.6 Å². The van der Waals surface area contributed by atoms with Crippen LogP contribution in [0, 0.1) is 12.7 Å². The summed E-state index contributed by atoms with van der Waals surface area (Å²) in [6.07, 6.45) is 2.39. The number of likely N-dealkylation sites (N-methyl/N-ethyl adjacent to an activating group) is 1. The first-order valence-electron chi connectivity index (χ1n) is 11.9. The number of aromatic hydroxyl groups is 1. The summed E-state index contributed by atoms with van der Waals surface area (Å²) in [5.74, 6) is -0.542. The highest BCUT2D eigenvalue weighted by atomic mass is 35.5. The Balaban J connectivity index is 1.71. The van der Waals surface area contributed by atoms with E-state index >= 15 is 0 Å². The van der Waals surface area contributed by atoms with Crippen LogP contribution < -0.4 is 15.1 Å². The van der Waals surface area contributed by atoms with Crippen molar-refractivity contribution >= 4 is 29.4 Å². The van der Waals surface area contributed by atoms with Crippen LogP contribution in [0.1, 0.15) is 5.69 Å². The number of piperazine rings is 1. The highest BCUT2D eigenvalue weighted by Crippen LogP contribution is 2.41. The van der Waals surface area contributed by atoms with Crippen LogP contribution in [0.5, 0.6) is 5.75 Å². The highest BCUT2D eigenvalue weighted by molar-refractivity contribution is 6.34. The van der Waals surface area contributed by atoms with Crippen molar-refractivity contribution in [3.63, 3.8) is 0 Å². The van der Waals surface area contributed by atoms with Gasteiger partial charge in [-0.15, -0.1) is 0 Å². The first-order chi connectivity index (χ1) is 17.3. The summed E-state index contributed by atoms with van der Waals surface area (Å²) in [4.78, 5) is 21.9. The van der Waals surface area contributed by atoms with E-state index in [0.717, 1.165) is 44.0 Å². The van der Waals surface area contributed by atoms with Crippen LogP contribution in [0.4, 0.5) is 15.8 Å². The van der Waals surface area contributed by atoms with Gasteiger partial charge in [-0.2, -0.15) is 0 Å². The van der Waals surface area contributed by atoms with E-state index in [4.69, 9.17) is 11.6 Å². The fourth-order valence-corrected chi connectivity index (χ4v) is 4.67. The molecule has 7 nitrogen and oxygen atoms in total. The van der Waals surface area contributed by atoms with Crippen molar-refractivity contribution in [1.29, 1.82) is 0 Å². The average Bonchev–Trinajstić information content (AvgIpc) is 2.87. The lowest BCUT2D eigenvalue weighted by molar-refractivity contribution is -0.107. The average molecular weight is 512 g/mol. The van der Waals surface area contributed by atoms with Gasteiger partial charge < -0.3 is 25.1 Å². The number of aromatic nitrogens is 1. The molecule has 2 heterocycles. The molecule has 0 radical (unpaired) electrons. The molecule has 0 saturated carbocycles. The second-order valence-corrected chi connectivity index (χ2v) is 9.59. The molecule has 0 atom stereocenters. The Morgan fingerprint density at radius 1 is 1.11 bits per heavy atom. The molecule has 1 fully saturated rings. The number of halogens is 2. The Bertz CT molecular complexity index is 1250. The SMILES string of the molecule is Cc1ncc(-c2cc(F)cc(-c3ccc(N(C=O)CCN(C)C)c(Cl)c3)c2O)cc1N1CCNCC1. The molecule has 1 saturated heterocycles. The third-order valence-electron chi connectivity index (χ3n) is 6.39. The summed E-state index contributed by atoms with van der Waals surface area (Å²) in [6, 6.07) is 9.63. The summed E-state index contributed by atoms with van der Waals surface area (Å²) >= 11 is 6.53. The normalized spacial score (nSPS) is 13.8. The van der Waals surface area contributed by atoms with Crippen LogP contribution in [-0.2, 0) is 4.79 Å². The Morgan fingerprint density at radius 3 is 2.44 bits per heavy atom. The molecule has 2 N–H and O–H groups in total. The second kappa shape index (κ2) is 11.2. The number of hydrogen-bond donors (Lipinski definition) is 2. The fraction of sp³-hybridized carbons (Fsp3) is 0.333. The zero-order valence-corrected chi connectivity index (χ0v) is 21.5. The Kier molecular flexibility index (Phi) is 8.08. The van der Waals surface area contributed by atoms with Crippen molar-refractivity contribution in [1.82, 2.24) is 15.2 Å². The molecule has 1 aliphatic rings. The largest absolute Gasteiger partial charge is 0.507 e. The Labute approximate surface area is 216 Å². The van der Waals surface area contributed by atoms with Gasteiger partial charge in [0.1, 0.15) is 11.6 Å². The smallest absolute Gasteiger partial charge is 0.214 e. The van der Waals surface area contributed by atoms with Crippen LogP contribution in [0.2, 0.25) is 5.02 Å². The predicted octanol–water partition coefficient (Wildman–Crippen LogP) is 4.16. The van der Waals surface area contributed by atoms with E-state index in [0.29, 0.717) is 46.1 Å². The van der Waals surface area contributed by atoms with Crippen LogP contribution in [0.25, 0.3) is 22.3 Å². The highest BCUT2D eigenvalue weighted by Gasteiger charge is 2.19. The van der Waals surface area contributed by atoms with Crippen LogP contribution in [0.3, 0.4) is 0 Å². The van der Waals surface area contributed by atoms with Crippen molar-refractivity contribution in [3.05, 3.63) is 59.1 Å². The number of carbonyl (C=O) groups excluding carboxylic acids is 1. The first kappa shape index (κ1) is 25.9. The Morgan fingerprint density at radius 2 is 1.81 bits per heavy atom. The van der Waals surface area contributed by atoms with E-state index in [1.807, 2.05) is 32.0 Å².